The van der Waals surface area contributed by atoms with Crippen LogP contribution in [0.3, 0.4) is 0 Å². The molecular weight excluding hydrogens is 528 g/mol. The highest BCUT2D eigenvalue weighted by Gasteiger charge is 2.22. The van der Waals surface area contributed by atoms with Gasteiger partial charge in [0.1, 0.15) is 17.6 Å². The first kappa shape index (κ1) is 31.2. The van der Waals surface area contributed by atoms with E-state index in [1.165, 1.54) is 0 Å². The van der Waals surface area contributed by atoms with Crippen molar-refractivity contribution in [2.45, 2.75) is 51.2 Å². The number of nitrogens with zero attached hydrogens (tertiary/aromatic N) is 1. The number of rotatable bonds is 16. The smallest absolute Gasteiger partial charge is 0.411 e. The Balaban J connectivity index is 1.01. The number of hydrogen-bond donors (Lipinski definition) is 4. The Bertz CT molecular complexity index is 1230. The van der Waals surface area contributed by atoms with Crippen LogP contribution in [0.15, 0.2) is 78.9 Å². The number of piperidine rings is 1. The standard InChI is InChI=1S/C34H44N4O4/c39-29-16-14-27(15-17-29)25-35-20-8-2-5-11-30(40)26-36-21-24-38-22-18-31(19-23-38)42-34(41)37-33-13-7-6-12-32(33)28-9-3-1-4-10-28/h1,3-4,6-7,9-10,12-17,31,35-36,39H,2,5,8,11,18-26H2,(H,37,41). The van der Waals surface area contributed by atoms with Crippen LogP contribution in [0.4, 0.5) is 10.5 Å². The second kappa shape index (κ2) is 17.3. The number of phenols is 1. The molecule has 3 aromatic carbocycles. The fourth-order valence-electron chi connectivity index (χ4n) is 5.15. The zero-order valence-corrected chi connectivity index (χ0v) is 24.4. The van der Waals surface area contributed by atoms with Crippen LogP contribution >= 0.6 is 0 Å². The molecule has 0 unspecified atom stereocenters. The number of Topliss-reactive ketones (excluding diaryl/α,β-unsaturated/α-hetero) is 1. The summed E-state index contributed by atoms with van der Waals surface area (Å²) in [5, 5.41) is 18.9. The van der Waals surface area contributed by atoms with Gasteiger partial charge in [-0.2, -0.15) is 0 Å². The van der Waals surface area contributed by atoms with Crippen molar-refractivity contribution in [1.29, 1.82) is 0 Å². The van der Waals surface area contributed by atoms with Gasteiger partial charge in [-0.05, 0) is 61.6 Å². The van der Waals surface area contributed by atoms with Gasteiger partial charge >= 0.3 is 6.09 Å². The minimum absolute atomic E-state index is 0.0947. The van der Waals surface area contributed by atoms with Crippen molar-refractivity contribution in [3.63, 3.8) is 0 Å². The highest BCUT2D eigenvalue weighted by molar-refractivity contribution is 5.91. The van der Waals surface area contributed by atoms with E-state index in [0.29, 0.717) is 13.0 Å². The largest absolute Gasteiger partial charge is 0.508 e. The van der Waals surface area contributed by atoms with Crippen LogP contribution in [0.25, 0.3) is 11.1 Å². The van der Waals surface area contributed by atoms with Gasteiger partial charge in [0.2, 0.25) is 0 Å². The second-order valence-corrected chi connectivity index (χ2v) is 10.9. The predicted molar refractivity (Wildman–Crippen MR) is 168 cm³/mol. The minimum atomic E-state index is -0.414. The highest BCUT2D eigenvalue weighted by Crippen LogP contribution is 2.28. The molecular formula is C34H44N4O4. The molecule has 1 saturated heterocycles. The van der Waals surface area contributed by atoms with Gasteiger partial charge in [0.25, 0.3) is 0 Å². The first-order valence-corrected chi connectivity index (χ1v) is 15.1. The molecule has 4 rings (SSSR count). The number of ether oxygens (including phenoxy) is 1. The lowest BCUT2D eigenvalue weighted by molar-refractivity contribution is -0.118. The summed E-state index contributed by atoms with van der Waals surface area (Å²) in [6, 6.07) is 25.0. The van der Waals surface area contributed by atoms with Crippen molar-refractivity contribution < 1.29 is 19.4 Å². The summed E-state index contributed by atoms with van der Waals surface area (Å²) in [6.07, 6.45) is 4.70. The van der Waals surface area contributed by atoms with Crippen LogP contribution in [-0.4, -0.2) is 67.3 Å². The number of carbonyl (C=O) groups excluding carboxylic acids is 2. The van der Waals surface area contributed by atoms with E-state index in [1.54, 1.807) is 12.1 Å². The van der Waals surface area contributed by atoms with Gasteiger partial charge in [0, 0.05) is 44.7 Å². The number of unbranched alkanes of at least 4 members (excludes halogenated alkanes) is 2. The Kier molecular flexibility index (Phi) is 12.8. The number of para-hydroxylation sites is 1. The predicted octanol–water partition coefficient (Wildman–Crippen LogP) is 5.58. The van der Waals surface area contributed by atoms with E-state index in [1.807, 2.05) is 66.7 Å². The van der Waals surface area contributed by atoms with Crippen molar-refractivity contribution in [2.75, 3.05) is 44.6 Å². The summed E-state index contributed by atoms with van der Waals surface area (Å²) in [4.78, 5) is 27.2. The summed E-state index contributed by atoms with van der Waals surface area (Å²) in [6.45, 7) is 5.51. The highest BCUT2D eigenvalue weighted by atomic mass is 16.6. The zero-order valence-electron chi connectivity index (χ0n) is 24.4. The maximum atomic E-state index is 12.6. The van der Waals surface area contributed by atoms with Crippen molar-refractivity contribution in [3.05, 3.63) is 84.4 Å². The number of anilines is 1. The summed E-state index contributed by atoms with van der Waals surface area (Å²) >= 11 is 0. The van der Waals surface area contributed by atoms with Gasteiger partial charge < -0.3 is 25.4 Å². The molecule has 0 aliphatic carbocycles. The number of hydrogen-bond acceptors (Lipinski definition) is 7. The van der Waals surface area contributed by atoms with Gasteiger partial charge in [-0.1, -0.05) is 67.1 Å². The van der Waals surface area contributed by atoms with E-state index < -0.39 is 6.09 Å². The third-order valence-electron chi connectivity index (χ3n) is 7.56. The van der Waals surface area contributed by atoms with Crippen LogP contribution in [0.5, 0.6) is 5.75 Å². The molecule has 1 aliphatic rings. The molecule has 0 bridgehead atoms. The van der Waals surface area contributed by atoms with Crippen molar-refractivity contribution >= 4 is 17.6 Å². The number of carbonyl (C=O) groups is 2. The Morgan fingerprint density at radius 2 is 1.57 bits per heavy atom. The molecule has 0 atom stereocenters. The summed E-state index contributed by atoms with van der Waals surface area (Å²) < 4.78 is 5.73. The number of likely N-dealkylation sites (tertiary alicyclic amines) is 1. The molecule has 1 heterocycles. The minimum Gasteiger partial charge on any atom is -0.508 e. The van der Waals surface area contributed by atoms with Crippen LogP contribution in [0, 0.1) is 0 Å². The van der Waals surface area contributed by atoms with Crippen molar-refractivity contribution in [2.24, 2.45) is 0 Å². The lowest BCUT2D eigenvalue weighted by atomic mass is 10.0. The Hall–Kier alpha value is -3.72. The Morgan fingerprint density at radius 1 is 0.833 bits per heavy atom. The number of amides is 1. The summed E-state index contributed by atoms with van der Waals surface area (Å²) in [5.41, 5.74) is 3.90. The molecule has 4 N–H and O–H groups in total. The van der Waals surface area contributed by atoms with Gasteiger partial charge in [0.15, 0.2) is 0 Å². The Labute approximate surface area is 249 Å². The first-order valence-electron chi connectivity index (χ1n) is 15.1. The third-order valence-corrected chi connectivity index (χ3v) is 7.56. The SMILES string of the molecule is O=C(CCCCCNCc1ccc(O)cc1)CNCCN1CCC(OC(=O)Nc2ccccc2-c2ccccc2)CC1. The quantitative estimate of drug-likeness (QED) is 0.166. The molecule has 1 aliphatic heterocycles. The van der Waals surface area contributed by atoms with Gasteiger partial charge in [-0.3, -0.25) is 10.1 Å². The van der Waals surface area contributed by atoms with Crippen LogP contribution in [0.1, 0.15) is 44.1 Å². The van der Waals surface area contributed by atoms with E-state index in [-0.39, 0.29) is 17.6 Å². The van der Waals surface area contributed by atoms with E-state index in [9.17, 15) is 14.7 Å². The molecule has 1 fully saturated rings. The number of aromatic hydroxyl groups is 1. The Morgan fingerprint density at radius 3 is 2.36 bits per heavy atom. The number of nitrogens with one attached hydrogen (secondary N) is 3. The topological polar surface area (TPSA) is 103 Å². The van der Waals surface area contributed by atoms with Gasteiger partial charge in [-0.25, -0.2) is 4.79 Å². The average molecular weight is 573 g/mol. The molecule has 224 valence electrons. The number of ketones is 1. The molecule has 42 heavy (non-hydrogen) atoms. The monoisotopic (exact) mass is 572 g/mol. The van der Waals surface area contributed by atoms with Gasteiger partial charge in [-0.15, -0.1) is 0 Å². The third kappa shape index (κ3) is 10.9. The number of benzene rings is 3. The lowest BCUT2D eigenvalue weighted by Gasteiger charge is -2.31. The van der Waals surface area contributed by atoms with Gasteiger partial charge in [0.05, 0.1) is 12.2 Å². The van der Waals surface area contributed by atoms with Crippen LogP contribution in [0.2, 0.25) is 0 Å². The molecule has 1 amide bonds. The van der Waals surface area contributed by atoms with E-state index in [0.717, 1.165) is 93.8 Å². The molecule has 0 aromatic heterocycles. The molecule has 0 radical (unpaired) electrons. The fourth-order valence-corrected chi connectivity index (χ4v) is 5.15. The normalized spacial score (nSPS) is 14.0. The van der Waals surface area contributed by atoms with E-state index in [4.69, 9.17) is 4.74 Å². The molecule has 8 nitrogen and oxygen atoms in total. The van der Waals surface area contributed by atoms with Crippen LogP contribution < -0.4 is 16.0 Å². The second-order valence-electron chi connectivity index (χ2n) is 10.9. The van der Waals surface area contributed by atoms with E-state index >= 15 is 0 Å². The molecule has 8 heteroatoms. The lowest BCUT2D eigenvalue weighted by Crippen LogP contribution is -2.42. The average Bonchev–Trinajstić information content (AvgIpc) is 3.01. The molecule has 0 spiro atoms. The summed E-state index contributed by atoms with van der Waals surface area (Å²) in [5.74, 6) is 0.548. The molecule has 0 saturated carbocycles. The molecule has 3 aromatic rings. The van der Waals surface area contributed by atoms with E-state index in [2.05, 4.69) is 20.9 Å². The van der Waals surface area contributed by atoms with Crippen LogP contribution in [-0.2, 0) is 16.1 Å². The van der Waals surface area contributed by atoms with Crippen molar-refractivity contribution in [1.82, 2.24) is 15.5 Å². The maximum Gasteiger partial charge on any atom is 0.411 e. The fraction of sp³-hybridized carbons (Fsp3) is 0.412. The zero-order chi connectivity index (χ0) is 29.4. The summed E-state index contributed by atoms with van der Waals surface area (Å²) in [7, 11) is 0. The number of phenolic OH excluding ortho intramolecular Hbond substituents is 1. The van der Waals surface area contributed by atoms with Crippen molar-refractivity contribution in [3.8, 4) is 16.9 Å². The first-order chi connectivity index (χ1) is 20.6. The maximum absolute atomic E-state index is 12.6.